The van der Waals surface area contributed by atoms with Crippen LogP contribution in [0.3, 0.4) is 0 Å². The van der Waals surface area contributed by atoms with Gasteiger partial charge < -0.3 is 14.7 Å². The molecule has 0 aromatic heterocycles. The standard InChI is InChI=1S/C18H26FNO4/c1-6-14(12-8-7-9-13(19)10-12)15(16(21)22)11-20(5)17(23)24-18(2,3)4/h7-10,14-15H,6,11H2,1-5H3,(H,21,22)/t14-,15+/m0/s1. The molecule has 0 heterocycles. The first-order valence-electron chi connectivity index (χ1n) is 7.97. The van der Waals surface area contributed by atoms with Crippen LogP contribution < -0.4 is 0 Å². The molecule has 2 atom stereocenters. The Balaban J connectivity index is 2.96. The van der Waals surface area contributed by atoms with Crippen molar-refractivity contribution < 1.29 is 23.8 Å². The number of nitrogens with zero attached hydrogens (tertiary/aromatic N) is 1. The van der Waals surface area contributed by atoms with Crippen molar-refractivity contribution in [2.45, 2.75) is 45.6 Å². The van der Waals surface area contributed by atoms with Gasteiger partial charge in [-0.05, 0) is 50.8 Å². The molecule has 1 N–H and O–H groups in total. The van der Waals surface area contributed by atoms with Crippen molar-refractivity contribution in [2.24, 2.45) is 5.92 Å². The van der Waals surface area contributed by atoms with E-state index in [1.165, 1.54) is 24.1 Å². The minimum Gasteiger partial charge on any atom is -0.481 e. The van der Waals surface area contributed by atoms with E-state index in [0.29, 0.717) is 12.0 Å². The zero-order valence-corrected chi connectivity index (χ0v) is 14.9. The fourth-order valence-electron chi connectivity index (χ4n) is 2.58. The number of carbonyl (C=O) groups excluding carboxylic acids is 1. The van der Waals surface area contributed by atoms with Crippen LogP contribution in [0.4, 0.5) is 9.18 Å². The van der Waals surface area contributed by atoms with Crippen LogP contribution in [0.15, 0.2) is 24.3 Å². The number of rotatable bonds is 6. The largest absolute Gasteiger partial charge is 0.481 e. The predicted octanol–water partition coefficient (Wildman–Crippen LogP) is 3.89. The number of carboxylic acid groups (broad SMARTS) is 1. The number of carboxylic acids is 1. The molecular weight excluding hydrogens is 313 g/mol. The summed E-state index contributed by atoms with van der Waals surface area (Å²) in [7, 11) is 1.50. The van der Waals surface area contributed by atoms with Gasteiger partial charge in [0.25, 0.3) is 0 Å². The summed E-state index contributed by atoms with van der Waals surface area (Å²) in [6.45, 7) is 7.07. The van der Waals surface area contributed by atoms with Gasteiger partial charge in [-0.3, -0.25) is 4.79 Å². The number of amides is 1. The number of ether oxygens (including phenoxy) is 1. The van der Waals surface area contributed by atoms with Crippen LogP contribution in [0.1, 0.15) is 45.6 Å². The molecule has 0 unspecified atom stereocenters. The Morgan fingerprint density at radius 1 is 1.33 bits per heavy atom. The number of benzene rings is 1. The van der Waals surface area contributed by atoms with E-state index < -0.39 is 35.3 Å². The lowest BCUT2D eigenvalue weighted by Gasteiger charge is -2.29. The minimum absolute atomic E-state index is 0.0146. The Labute approximate surface area is 142 Å². The van der Waals surface area contributed by atoms with Gasteiger partial charge >= 0.3 is 12.1 Å². The van der Waals surface area contributed by atoms with Crippen LogP contribution in [-0.4, -0.2) is 41.3 Å². The third-order valence-corrected chi connectivity index (χ3v) is 3.70. The maximum absolute atomic E-state index is 13.5. The van der Waals surface area contributed by atoms with Crippen LogP contribution in [0.25, 0.3) is 0 Å². The molecule has 0 aliphatic rings. The summed E-state index contributed by atoms with van der Waals surface area (Å²) < 4.78 is 18.7. The van der Waals surface area contributed by atoms with Crippen LogP contribution in [-0.2, 0) is 9.53 Å². The zero-order chi connectivity index (χ0) is 18.5. The second kappa shape index (κ2) is 8.13. The molecule has 1 aromatic carbocycles. The molecule has 5 nitrogen and oxygen atoms in total. The van der Waals surface area contributed by atoms with Crippen LogP contribution >= 0.6 is 0 Å². The monoisotopic (exact) mass is 339 g/mol. The van der Waals surface area contributed by atoms with Gasteiger partial charge in [-0.15, -0.1) is 0 Å². The number of carbonyl (C=O) groups is 2. The third kappa shape index (κ3) is 5.83. The lowest BCUT2D eigenvalue weighted by atomic mass is 9.83. The van der Waals surface area contributed by atoms with Crippen molar-refractivity contribution in [2.75, 3.05) is 13.6 Å². The molecule has 0 radical (unpaired) electrons. The predicted molar refractivity (Wildman–Crippen MR) is 89.4 cm³/mol. The second-order valence-electron chi connectivity index (χ2n) is 6.88. The van der Waals surface area contributed by atoms with Crippen LogP contribution in [0, 0.1) is 11.7 Å². The third-order valence-electron chi connectivity index (χ3n) is 3.70. The lowest BCUT2D eigenvalue weighted by molar-refractivity contribution is -0.143. The molecule has 1 amide bonds. The molecule has 0 bridgehead atoms. The van der Waals surface area contributed by atoms with Crippen molar-refractivity contribution in [1.29, 1.82) is 0 Å². The molecule has 0 saturated carbocycles. The average molecular weight is 339 g/mol. The van der Waals surface area contributed by atoms with Gasteiger partial charge in [-0.2, -0.15) is 0 Å². The first-order valence-corrected chi connectivity index (χ1v) is 7.97. The van der Waals surface area contributed by atoms with E-state index in [9.17, 15) is 19.1 Å². The van der Waals surface area contributed by atoms with Gasteiger partial charge in [0, 0.05) is 13.6 Å². The van der Waals surface area contributed by atoms with E-state index in [0.717, 1.165) is 0 Å². The second-order valence-corrected chi connectivity index (χ2v) is 6.88. The Hall–Kier alpha value is -2.11. The van der Waals surface area contributed by atoms with E-state index in [-0.39, 0.29) is 6.54 Å². The summed E-state index contributed by atoms with van der Waals surface area (Å²) in [6, 6.07) is 5.93. The highest BCUT2D eigenvalue weighted by Crippen LogP contribution is 2.30. The van der Waals surface area contributed by atoms with E-state index in [2.05, 4.69) is 0 Å². The molecule has 24 heavy (non-hydrogen) atoms. The first-order chi connectivity index (χ1) is 11.0. The fourth-order valence-corrected chi connectivity index (χ4v) is 2.58. The molecular formula is C18H26FNO4. The summed E-state index contributed by atoms with van der Waals surface area (Å²) in [6.07, 6.45) is -0.0643. The SMILES string of the molecule is CC[C@@H](c1cccc(F)c1)[C@@H](CN(C)C(=O)OC(C)(C)C)C(=O)O. The van der Waals surface area contributed by atoms with Gasteiger partial charge in [-0.1, -0.05) is 19.1 Å². The quantitative estimate of drug-likeness (QED) is 0.854. The highest BCUT2D eigenvalue weighted by atomic mass is 19.1. The molecule has 0 aliphatic heterocycles. The topological polar surface area (TPSA) is 66.8 Å². The maximum Gasteiger partial charge on any atom is 0.410 e. The van der Waals surface area contributed by atoms with E-state index in [4.69, 9.17) is 4.74 Å². The zero-order valence-electron chi connectivity index (χ0n) is 14.9. The number of halogens is 1. The Morgan fingerprint density at radius 2 is 1.96 bits per heavy atom. The van der Waals surface area contributed by atoms with Crippen molar-refractivity contribution in [3.63, 3.8) is 0 Å². The fraction of sp³-hybridized carbons (Fsp3) is 0.556. The van der Waals surface area contributed by atoms with E-state index >= 15 is 0 Å². The summed E-state index contributed by atoms with van der Waals surface area (Å²) in [4.78, 5) is 25.1. The first kappa shape index (κ1) is 19.9. The summed E-state index contributed by atoms with van der Waals surface area (Å²) in [5, 5.41) is 9.60. The molecule has 134 valence electrons. The molecule has 0 saturated heterocycles. The average Bonchev–Trinajstić information content (AvgIpc) is 2.44. The summed E-state index contributed by atoms with van der Waals surface area (Å²) in [5.74, 6) is -2.69. The van der Waals surface area contributed by atoms with Gasteiger partial charge in [0.05, 0.1) is 5.92 Å². The molecule has 1 rings (SSSR count). The van der Waals surface area contributed by atoms with Crippen molar-refractivity contribution >= 4 is 12.1 Å². The van der Waals surface area contributed by atoms with Gasteiger partial charge in [0.1, 0.15) is 11.4 Å². The highest BCUT2D eigenvalue weighted by Gasteiger charge is 2.32. The minimum atomic E-state index is -1.03. The Kier molecular flexibility index (Phi) is 6.75. The van der Waals surface area contributed by atoms with Crippen molar-refractivity contribution in [1.82, 2.24) is 4.90 Å². The molecule has 0 spiro atoms. The molecule has 0 fully saturated rings. The summed E-state index contributed by atoms with van der Waals surface area (Å²) in [5.41, 5.74) is -0.0426. The van der Waals surface area contributed by atoms with Crippen LogP contribution in [0.5, 0.6) is 0 Å². The highest BCUT2D eigenvalue weighted by molar-refractivity contribution is 5.73. The molecule has 6 heteroatoms. The Morgan fingerprint density at radius 3 is 2.42 bits per heavy atom. The number of aliphatic carboxylic acids is 1. The van der Waals surface area contributed by atoms with Gasteiger partial charge in [0.15, 0.2) is 0 Å². The molecule has 1 aromatic rings. The smallest absolute Gasteiger partial charge is 0.410 e. The number of hydrogen-bond acceptors (Lipinski definition) is 3. The summed E-state index contributed by atoms with van der Waals surface area (Å²) >= 11 is 0. The lowest BCUT2D eigenvalue weighted by Crippen LogP contribution is -2.40. The van der Waals surface area contributed by atoms with Gasteiger partial charge in [-0.25, -0.2) is 9.18 Å². The van der Waals surface area contributed by atoms with Crippen molar-refractivity contribution in [3.05, 3.63) is 35.6 Å². The maximum atomic E-state index is 13.5. The molecule has 0 aliphatic carbocycles. The van der Waals surface area contributed by atoms with Crippen LogP contribution in [0.2, 0.25) is 0 Å². The normalized spacial score (nSPS) is 13.9. The Bertz CT molecular complexity index is 583. The van der Waals surface area contributed by atoms with E-state index in [1.807, 2.05) is 6.92 Å². The van der Waals surface area contributed by atoms with Crippen molar-refractivity contribution in [3.8, 4) is 0 Å². The van der Waals surface area contributed by atoms with E-state index in [1.54, 1.807) is 32.9 Å². The number of hydrogen-bond donors (Lipinski definition) is 1. The van der Waals surface area contributed by atoms with Gasteiger partial charge in [0.2, 0.25) is 0 Å².